The van der Waals surface area contributed by atoms with E-state index in [1.54, 1.807) is 7.11 Å². The standard InChI is InChI=1S/C13H18N2O/c1-11(10-16-2)8-15-9-13-5-3-12(7-14)4-6-13/h3-6,11,15H,8-10H2,1-2H3. The first-order chi connectivity index (χ1) is 7.76. The van der Waals surface area contributed by atoms with Gasteiger partial charge in [-0.05, 0) is 23.6 Å². The van der Waals surface area contributed by atoms with E-state index in [1.165, 1.54) is 5.56 Å². The maximum Gasteiger partial charge on any atom is 0.0991 e. The molecule has 1 unspecified atom stereocenters. The highest BCUT2D eigenvalue weighted by atomic mass is 16.5. The zero-order chi connectivity index (χ0) is 11.8. The van der Waals surface area contributed by atoms with Crippen molar-refractivity contribution in [3.8, 4) is 6.07 Å². The number of rotatable bonds is 6. The van der Waals surface area contributed by atoms with Crippen LogP contribution in [0.3, 0.4) is 0 Å². The lowest BCUT2D eigenvalue weighted by Crippen LogP contribution is -2.23. The van der Waals surface area contributed by atoms with Gasteiger partial charge >= 0.3 is 0 Å². The molecule has 0 saturated carbocycles. The third-order valence-corrected chi connectivity index (χ3v) is 2.36. The monoisotopic (exact) mass is 218 g/mol. The van der Waals surface area contributed by atoms with Crippen LogP contribution in [0, 0.1) is 17.2 Å². The Kier molecular flexibility index (Phi) is 5.55. The Morgan fingerprint density at radius 3 is 2.62 bits per heavy atom. The molecule has 0 radical (unpaired) electrons. The van der Waals surface area contributed by atoms with E-state index in [4.69, 9.17) is 10.00 Å². The molecule has 1 N–H and O–H groups in total. The smallest absolute Gasteiger partial charge is 0.0991 e. The third kappa shape index (κ3) is 4.43. The average molecular weight is 218 g/mol. The first-order valence-electron chi connectivity index (χ1n) is 5.45. The van der Waals surface area contributed by atoms with Gasteiger partial charge in [0.2, 0.25) is 0 Å². The van der Waals surface area contributed by atoms with Crippen LogP contribution in [0.25, 0.3) is 0 Å². The van der Waals surface area contributed by atoms with Crippen LogP contribution in [-0.2, 0) is 11.3 Å². The lowest BCUT2D eigenvalue weighted by Gasteiger charge is -2.11. The van der Waals surface area contributed by atoms with Gasteiger partial charge in [-0.2, -0.15) is 5.26 Å². The average Bonchev–Trinajstić information content (AvgIpc) is 2.30. The minimum atomic E-state index is 0.517. The molecule has 1 aromatic rings. The molecule has 16 heavy (non-hydrogen) atoms. The van der Waals surface area contributed by atoms with Crippen LogP contribution in [0.1, 0.15) is 18.1 Å². The second kappa shape index (κ2) is 7.00. The molecule has 0 heterocycles. The lowest BCUT2D eigenvalue weighted by molar-refractivity contribution is 0.158. The largest absolute Gasteiger partial charge is 0.384 e. The van der Waals surface area contributed by atoms with Crippen LogP contribution < -0.4 is 5.32 Å². The fourth-order valence-corrected chi connectivity index (χ4v) is 1.50. The molecule has 1 rings (SSSR count). The Hall–Kier alpha value is -1.37. The number of nitrogens with zero attached hydrogens (tertiary/aromatic N) is 1. The van der Waals surface area contributed by atoms with Crippen molar-refractivity contribution < 1.29 is 4.74 Å². The fourth-order valence-electron chi connectivity index (χ4n) is 1.50. The summed E-state index contributed by atoms with van der Waals surface area (Å²) in [5, 5.41) is 12.0. The van der Waals surface area contributed by atoms with Crippen molar-refractivity contribution in [2.45, 2.75) is 13.5 Å². The number of hydrogen-bond donors (Lipinski definition) is 1. The number of nitriles is 1. The molecule has 0 aliphatic rings. The minimum Gasteiger partial charge on any atom is -0.384 e. The molecule has 0 saturated heterocycles. The summed E-state index contributed by atoms with van der Waals surface area (Å²) < 4.78 is 5.06. The van der Waals surface area contributed by atoms with Gasteiger partial charge in [0.15, 0.2) is 0 Å². The van der Waals surface area contributed by atoms with E-state index in [0.717, 1.165) is 19.7 Å². The number of hydrogen-bond acceptors (Lipinski definition) is 3. The highest BCUT2D eigenvalue weighted by molar-refractivity contribution is 5.31. The van der Waals surface area contributed by atoms with Gasteiger partial charge in [-0.1, -0.05) is 19.1 Å². The molecule has 0 bridgehead atoms. The molecule has 0 fully saturated rings. The van der Waals surface area contributed by atoms with Crippen molar-refractivity contribution in [1.29, 1.82) is 5.26 Å². The summed E-state index contributed by atoms with van der Waals surface area (Å²) in [6.45, 7) is 4.70. The van der Waals surface area contributed by atoms with Crippen LogP contribution in [0.2, 0.25) is 0 Å². The predicted molar refractivity (Wildman–Crippen MR) is 63.9 cm³/mol. The molecule has 0 amide bonds. The minimum absolute atomic E-state index is 0.517. The van der Waals surface area contributed by atoms with Gasteiger partial charge in [0.05, 0.1) is 11.6 Å². The van der Waals surface area contributed by atoms with Crippen molar-refractivity contribution >= 4 is 0 Å². The molecular formula is C13H18N2O. The molecule has 1 atom stereocenters. The Morgan fingerprint density at radius 2 is 2.06 bits per heavy atom. The van der Waals surface area contributed by atoms with E-state index >= 15 is 0 Å². The maximum atomic E-state index is 8.66. The summed E-state index contributed by atoms with van der Waals surface area (Å²) in [6.07, 6.45) is 0. The van der Waals surface area contributed by atoms with E-state index in [0.29, 0.717) is 11.5 Å². The van der Waals surface area contributed by atoms with Gasteiger partial charge in [0, 0.05) is 26.8 Å². The highest BCUT2D eigenvalue weighted by Gasteiger charge is 2.00. The SMILES string of the molecule is COCC(C)CNCc1ccc(C#N)cc1. The van der Waals surface area contributed by atoms with Crippen molar-refractivity contribution in [1.82, 2.24) is 5.32 Å². The van der Waals surface area contributed by atoms with Gasteiger partial charge < -0.3 is 10.1 Å². The molecule has 0 aliphatic carbocycles. The Bertz CT molecular complexity index is 340. The Morgan fingerprint density at radius 1 is 1.38 bits per heavy atom. The van der Waals surface area contributed by atoms with Crippen LogP contribution in [-0.4, -0.2) is 20.3 Å². The van der Waals surface area contributed by atoms with Crippen LogP contribution in [0.15, 0.2) is 24.3 Å². The zero-order valence-corrected chi connectivity index (χ0v) is 9.86. The third-order valence-electron chi connectivity index (χ3n) is 2.36. The first-order valence-corrected chi connectivity index (χ1v) is 5.45. The van der Waals surface area contributed by atoms with E-state index in [2.05, 4.69) is 18.3 Å². The quantitative estimate of drug-likeness (QED) is 0.793. The van der Waals surface area contributed by atoms with Crippen molar-refractivity contribution in [2.75, 3.05) is 20.3 Å². The Labute approximate surface area is 97.0 Å². The molecule has 0 aliphatic heterocycles. The molecule has 3 heteroatoms. The summed E-state index contributed by atoms with van der Waals surface area (Å²) in [7, 11) is 1.72. The van der Waals surface area contributed by atoms with Crippen molar-refractivity contribution in [3.63, 3.8) is 0 Å². The van der Waals surface area contributed by atoms with Gasteiger partial charge in [0.25, 0.3) is 0 Å². The van der Waals surface area contributed by atoms with Crippen LogP contribution in [0.4, 0.5) is 0 Å². The van der Waals surface area contributed by atoms with E-state index in [-0.39, 0.29) is 0 Å². The number of methoxy groups -OCH3 is 1. The number of benzene rings is 1. The molecular weight excluding hydrogens is 200 g/mol. The lowest BCUT2D eigenvalue weighted by atomic mass is 10.1. The highest BCUT2D eigenvalue weighted by Crippen LogP contribution is 2.03. The molecule has 3 nitrogen and oxygen atoms in total. The topological polar surface area (TPSA) is 45.0 Å². The fraction of sp³-hybridized carbons (Fsp3) is 0.462. The molecule has 0 aromatic heterocycles. The Balaban J connectivity index is 2.29. The number of nitrogens with one attached hydrogen (secondary N) is 1. The number of ether oxygens (including phenoxy) is 1. The molecule has 86 valence electrons. The van der Waals surface area contributed by atoms with Gasteiger partial charge in [0.1, 0.15) is 0 Å². The first kappa shape index (κ1) is 12.7. The summed E-state index contributed by atoms with van der Waals surface area (Å²) in [5.74, 6) is 0.517. The predicted octanol–water partition coefficient (Wildman–Crippen LogP) is 1.93. The van der Waals surface area contributed by atoms with Gasteiger partial charge in [-0.15, -0.1) is 0 Å². The van der Waals surface area contributed by atoms with Crippen molar-refractivity contribution in [3.05, 3.63) is 35.4 Å². The second-order valence-electron chi connectivity index (χ2n) is 4.00. The maximum absolute atomic E-state index is 8.66. The van der Waals surface area contributed by atoms with Crippen LogP contribution >= 0.6 is 0 Å². The molecule has 0 spiro atoms. The van der Waals surface area contributed by atoms with E-state index in [1.807, 2.05) is 24.3 Å². The summed E-state index contributed by atoms with van der Waals surface area (Å²) in [5.41, 5.74) is 1.90. The second-order valence-corrected chi connectivity index (χ2v) is 4.00. The summed E-state index contributed by atoms with van der Waals surface area (Å²) in [6, 6.07) is 9.75. The summed E-state index contributed by atoms with van der Waals surface area (Å²) >= 11 is 0. The van der Waals surface area contributed by atoms with E-state index in [9.17, 15) is 0 Å². The van der Waals surface area contributed by atoms with E-state index < -0.39 is 0 Å². The molecule has 1 aromatic carbocycles. The van der Waals surface area contributed by atoms with Gasteiger partial charge in [-0.25, -0.2) is 0 Å². The summed E-state index contributed by atoms with van der Waals surface area (Å²) in [4.78, 5) is 0. The van der Waals surface area contributed by atoms with Crippen molar-refractivity contribution in [2.24, 2.45) is 5.92 Å². The zero-order valence-electron chi connectivity index (χ0n) is 9.86. The van der Waals surface area contributed by atoms with Crippen LogP contribution in [0.5, 0.6) is 0 Å². The normalized spacial score (nSPS) is 12.1. The van der Waals surface area contributed by atoms with Gasteiger partial charge in [-0.3, -0.25) is 0 Å².